The second-order valence-electron chi connectivity index (χ2n) is 3.08. The van der Waals surface area contributed by atoms with Gasteiger partial charge in [-0.1, -0.05) is 35.6 Å². The molecule has 0 saturated carbocycles. The quantitative estimate of drug-likeness (QED) is 0.824. The topological polar surface area (TPSA) is 58.0 Å². The Morgan fingerprint density at radius 3 is 2.93 bits per heavy atom. The van der Waals surface area contributed by atoms with Gasteiger partial charge in [0.25, 0.3) is 0 Å². The summed E-state index contributed by atoms with van der Waals surface area (Å²) in [5, 5.41) is 20.6. The lowest BCUT2D eigenvalue weighted by atomic mass is 10.1. The highest BCUT2D eigenvalue weighted by atomic mass is 32.1. The molecule has 1 aromatic heterocycles. The summed E-state index contributed by atoms with van der Waals surface area (Å²) in [6.07, 6.45) is 0. The molecule has 0 atom stereocenters. The highest BCUT2D eigenvalue weighted by Gasteiger charge is 1.97. The number of rotatable bonds is 4. The summed E-state index contributed by atoms with van der Waals surface area (Å²) >= 11 is 1.47. The Morgan fingerprint density at radius 2 is 2.20 bits per heavy atom. The van der Waals surface area contributed by atoms with Crippen molar-refractivity contribution in [2.45, 2.75) is 13.2 Å². The summed E-state index contributed by atoms with van der Waals surface area (Å²) in [7, 11) is 0. The molecule has 2 N–H and O–H groups in total. The van der Waals surface area contributed by atoms with Crippen LogP contribution >= 0.6 is 11.3 Å². The molecule has 0 amide bonds. The van der Waals surface area contributed by atoms with Crippen molar-refractivity contribution in [1.29, 1.82) is 0 Å². The Labute approximate surface area is 91.6 Å². The molecule has 2 rings (SSSR count). The van der Waals surface area contributed by atoms with Crippen molar-refractivity contribution in [1.82, 2.24) is 10.2 Å². The van der Waals surface area contributed by atoms with Crippen LogP contribution in [0.1, 0.15) is 11.1 Å². The van der Waals surface area contributed by atoms with Gasteiger partial charge in [-0.05, 0) is 11.1 Å². The Morgan fingerprint density at radius 1 is 1.33 bits per heavy atom. The van der Waals surface area contributed by atoms with E-state index in [1.165, 1.54) is 11.3 Å². The minimum absolute atomic E-state index is 0.0760. The zero-order valence-electron chi connectivity index (χ0n) is 8.05. The Bertz CT molecular complexity index is 416. The van der Waals surface area contributed by atoms with E-state index in [0.717, 1.165) is 16.3 Å². The number of aromatic nitrogens is 2. The van der Waals surface area contributed by atoms with E-state index in [1.54, 1.807) is 5.51 Å². The van der Waals surface area contributed by atoms with Crippen molar-refractivity contribution >= 4 is 16.5 Å². The molecule has 0 radical (unpaired) electrons. The number of nitrogens with zero attached hydrogens (tertiary/aromatic N) is 2. The fourth-order valence-electron chi connectivity index (χ4n) is 1.27. The van der Waals surface area contributed by atoms with Crippen LogP contribution in [0.4, 0.5) is 5.13 Å². The zero-order chi connectivity index (χ0) is 10.5. The summed E-state index contributed by atoms with van der Waals surface area (Å²) < 4.78 is 0. The summed E-state index contributed by atoms with van der Waals surface area (Å²) in [5.41, 5.74) is 3.73. The molecule has 0 unspecified atom stereocenters. The number of aliphatic hydroxyl groups is 1. The molecule has 0 aliphatic carbocycles. The Hall–Kier alpha value is -1.46. The number of hydrogen-bond donors (Lipinski definition) is 2. The number of anilines is 1. The Balaban J connectivity index is 1.98. The lowest BCUT2D eigenvalue weighted by molar-refractivity contribution is 0.281. The molecule has 78 valence electrons. The average molecular weight is 221 g/mol. The molecule has 0 aliphatic heterocycles. The lowest BCUT2D eigenvalue weighted by Gasteiger charge is -2.03. The maximum Gasteiger partial charge on any atom is 0.205 e. The van der Waals surface area contributed by atoms with Crippen LogP contribution in [0.5, 0.6) is 0 Å². The molecule has 0 bridgehead atoms. The van der Waals surface area contributed by atoms with Crippen LogP contribution < -0.4 is 5.32 Å². The minimum atomic E-state index is 0.0760. The number of hydrogen-bond acceptors (Lipinski definition) is 5. The third-order valence-electron chi connectivity index (χ3n) is 1.98. The van der Waals surface area contributed by atoms with Gasteiger partial charge in [-0.3, -0.25) is 0 Å². The van der Waals surface area contributed by atoms with Crippen LogP contribution in [0, 0.1) is 0 Å². The number of aliphatic hydroxyl groups excluding tert-OH is 1. The van der Waals surface area contributed by atoms with Gasteiger partial charge in [0, 0.05) is 6.54 Å². The standard InChI is InChI=1S/C10H11N3OS/c14-6-9-3-1-2-8(4-9)5-11-10-13-12-7-15-10/h1-4,7,14H,5-6H2,(H,11,13). The molecular weight excluding hydrogens is 210 g/mol. The average Bonchev–Trinajstić information content (AvgIpc) is 2.79. The first-order valence-electron chi connectivity index (χ1n) is 4.57. The first-order chi connectivity index (χ1) is 7.38. The van der Waals surface area contributed by atoms with Gasteiger partial charge in [0.1, 0.15) is 5.51 Å². The molecule has 5 heteroatoms. The first-order valence-corrected chi connectivity index (χ1v) is 5.45. The van der Waals surface area contributed by atoms with E-state index in [1.807, 2.05) is 24.3 Å². The van der Waals surface area contributed by atoms with Gasteiger partial charge in [0.05, 0.1) is 6.61 Å². The van der Waals surface area contributed by atoms with Gasteiger partial charge < -0.3 is 10.4 Å². The second-order valence-corrected chi connectivity index (χ2v) is 3.91. The molecule has 0 spiro atoms. The highest BCUT2D eigenvalue weighted by molar-refractivity contribution is 7.13. The maximum absolute atomic E-state index is 8.97. The minimum Gasteiger partial charge on any atom is -0.392 e. The smallest absolute Gasteiger partial charge is 0.205 e. The van der Waals surface area contributed by atoms with E-state index in [9.17, 15) is 0 Å². The molecule has 15 heavy (non-hydrogen) atoms. The van der Waals surface area contributed by atoms with Crippen molar-refractivity contribution in [3.05, 3.63) is 40.9 Å². The van der Waals surface area contributed by atoms with E-state index >= 15 is 0 Å². The number of benzene rings is 1. The molecule has 0 saturated heterocycles. The van der Waals surface area contributed by atoms with Crippen LogP contribution in [-0.4, -0.2) is 15.3 Å². The first kappa shape index (κ1) is 10.1. The van der Waals surface area contributed by atoms with Crippen LogP contribution in [0.3, 0.4) is 0 Å². The van der Waals surface area contributed by atoms with E-state index in [4.69, 9.17) is 5.11 Å². The predicted molar refractivity (Wildman–Crippen MR) is 59.6 cm³/mol. The van der Waals surface area contributed by atoms with E-state index in [0.29, 0.717) is 6.54 Å². The second kappa shape index (κ2) is 4.86. The molecule has 1 heterocycles. The molecular formula is C10H11N3OS. The largest absolute Gasteiger partial charge is 0.392 e. The van der Waals surface area contributed by atoms with Crippen molar-refractivity contribution in [3.63, 3.8) is 0 Å². The monoisotopic (exact) mass is 221 g/mol. The predicted octanol–water partition coefficient (Wildman–Crippen LogP) is 1.64. The van der Waals surface area contributed by atoms with E-state index in [-0.39, 0.29) is 6.61 Å². The van der Waals surface area contributed by atoms with Crippen LogP contribution in [0.25, 0.3) is 0 Å². The lowest BCUT2D eigenvalue weighted by Crippen LogP contribution is -1.99. The third-order valence-corrected chi connectivity index (χ3v) is 2.63. The van der Waals surface area contributed by atoms with Crippen LogP contribution in [0.15, 0.2) is 29.8 Å². The fourth-order valence-corrected chi connectivity index (χ4v) is 1.71. The van der Waals surface area contributed by atoms with Gasteiger partial charge in [-0.2, -0.15) is 0 Å². The van der Waals surface area contributed by atoms with E-state index in [2.05, 4.69) is 15.5 Å². The highest BCUT2D eigenvalue weighted by Crippen LogP contribution is 2.11. The Kier molecular flexibility index (Phi) is 3.26. The molecule has 4 nitrogen and oxygen atoms in total. The SMILES string of the molecule is OCc1cccc(CNc2nncs2)c1. The summed E-state index contributed by atoms with van der Waals surface area (Å²) in [6, 6.07) is 7.80. The van der Waals surface area contributed by atoms with E-state index < -0.39 is 0 Å². The van der Waals surface area contributed by atoms with Gasteiger partial charge in [-0.25, -0.2) is 0 Å². The van der Waals surface area contributed by atoms with Gasteiger partial charge in [0.15, 0.2) is 0 Å². The molecule has 1 aromatic carbocycles. The molecule has 0 aliphatic rings. The summed E-state index contributed by atoms with van der Waals surface area (Å²) in [4.78, 5) is 0. The third kappa shape index (κ3) is 2.74. The van der Waals surface area contributed by atoms with Gasteiger partial charge >= 0.3 is 0 Å². The van der Waals surface area contributed by atoms with Crippen molar-refractivity contribution in [2.24, 2.45) is 0 Å². The maximum atomic E-state index is 8.97. The fraction of sp³-hybridized carbons (Fsp3) is 0.200. The van der Waals surface area contributed by atoms with Gasteiger partial charge in [0.2, 0.25) is 5.13 Å². The molecule has 0 fully saturated rings. The summed E-state index contributed by atoms with van der Waals surface area (Å²) in [5.74, 6) is 0. The number of nitrogens with one attached hydrogen (secondary N) is 1. The van der Waals surface area contributed by atoms with Crippen LogP contribution in [-0.2, 0) is 13.2 Å². The normalized spacial score (nSPS) is 10.2. The summed E-state index contributed by atoms with van der Waals surface area (Å²) in [6.45, 7) is 0.773. The van der Waals surface area contributed by atoms with Crippen molar-refractivity contribution in [2.75, 3.05) is 5.32 Å². The molecule has 2 aromatic rings. The van der Waals surface area contributed by atoms with Gasteiger partial charge in [-0.15, -0.1) is 10.2 Å². The van der Waals surface area contributed by atoms with Crippen molar-refractivity contribution in [3.8, 4) is 0 Å². The zero-order valence-corrected chi connectivity index (χ0v) is 8.87. The van der Waals surface area contributed by atoms with Crippen LogP contribution in [0.2, 0.25) is 0 Å². The van der Waals surface area contributed by atoms with Crippen molar-refractivity contribution < 1.29 is 5.11 Å².